The molecule has 1 fully saturated rings. The van der Waals surface area contributed by atoms with Crippen LogP contribution in [-0.2, 0) is 10.5 Å². The number of aryl methyl sites for hydroxylation is 1. The van der Waals surface area contributed by atoms with Crippen molar-refractivity contribution in [1.82, 2.24) is 19.9 Å². The standard InChI is InChI=1S/C24H24N4O5S/c1-16-13-17(26-33-16)15-34-22-18(5-4-8-25-22)23(29)27-9-11-28(12-10-27)24(30)21-14-31-19-6-2-3-7-20(19)32-21/h2-8,13,21H,9-12,14-15H2,1H3. The fraction of sp³-hybridized carbons (Fsp3) is 0.333. The van der Waals surface area contributed by atoms with Crippen LogP contribution in [-0.4, -0.2) is 70.6 Å². The number of hydrogen-bond donors (Lipinski definition) is 0. The summed E-state index contributed by atoms with van der Waals surface area (Å²) in [6.07, 6.45) is 0.993. The highest BCUT2D eigenvalue weighted by molar-refractivity contribution is 7.98. The summed E-state index contributed by atoms with van der Waals surface area (Å²) in [5.41, 5.74) is 1.35. The van der Waals surface area contributed by atoms with E-state index < -0.39 is 6.10 Å². The predicted molar refractivity (Wildman–Crippen MR) is 124 cm³/mol. The summed E-state index contributed by atoms with van der Waals surface area (Å²) in [4.78, 5) is 34.1. The minimum Gasteiger partial charge on any atom is -0.485 e. The van der Waals surface area contributed by atoms with Crippen LogP contribution >= 0.6 is 11.8 Å². The Hall–Kier alpha value is -3.53. The molecular weight excluding hydrogens is 456 g/mol. The van der Waals surface area contributed by atoms with Gasteiger partial charge < -0.3 is 23.8 Å². The van der Waals surface area contributed by atoms with Gasteiger partial charge in [-0.15, -0.1) is 0 Å². The Bertz CT molecular complexity index is 1190. The molecule has 0 bridgehead atoms. The number of benzene rings is 1. The van der Waals surface area contributed by atoms with Crippen LogP contribution in [0, 0.1) is 6.92 Å². The largest absolute Gasteiger partial charge is 0.485 e. The summed E-state index contributed by atoms with van der Waals surface area (Å²) < 4.78 is 16.6. The SMILES string of the molecule is Cc1cc(CSc2ncccc2C(=O)N2CCN(C(=O)C3COc4ccccc4O3)CC2)no1. The maximum absolute atomic E-state index is 13.2. The van der Waals surface area contributed by atoms with E-state index in [0.29, 0.717) is 54.0 Å². The van der Waals surface area contributed by atoms with Gasteiger partial charge in [0.2, 0.25) is 6.10 Å². The maximum Gasteiger partial charge on any atom is 0.267 e. The first-order valence-electron chi connectivity index (χ1n) is 11.0. The Morgan fingerprint density at radius 1 is 1.06 bits per heavy atom. The highest BCUT2D eigenvalue weighted by Gasteiger charge is 2.34. The van der Waals surface area contributed by atoms with Gasteiger partial charge in [-0.05, 0) is 31.2 Å². The molecule has 10 heteroatoms. The van der Waals surface area contributed by atoms with E-state index in [9.17, 15) is 9.59 Å². The normalized spacial score (nSPS) is 17.5. The fourth-order valence-corrected chi connectivity index (χ4v) is 4.81. The lowest BCUT2D eigenvalue weighted by molar-refractivity contribution is -0.142. The second kappa shape index (κ2) is 9.76. The molecule has 0 saturated carbocycles. The third kappa shape index (κ3) is 4.72. The van der Waals surface area contributed by atoms with Gasteiger partial charge in [-0.1, -0.05) is 29.1 Å². The van der Waals surface area contributed by atoms with Gasteiger partial charge >= 0.3 is 0 Å². The lowest BCUT2D eigenvalue weighted by Gasteiger charge is -2.37. The summed E-state index contributed by atoms with van der Waals surface area (Å²) in [5, 5.41) is 4.65. The molecule has 9 nitrogen and oxygen atoms in total. The van der Waals surface area contributed by atoms with E-state index in [0.717, 1.165) is 11.5 Å². The van der Waals surface area contributed by atoms with Crippen LogP contribution in [0.4, 0.5) is 0 Å². The number of aromatic nitrogens is 2. The van der Waals surface area contributed by atoms with Crippen molar-refractivity contribution < 1.29 is 23.6 Å². The molecule has 5 rings (SSSR count). The molecule has 2 aliphatic rings. The molecule has 0 N–H and O–H groups in total. The second-order valence-corrected chi connectivity index (χ2v) is 9.02. The predicted octanol–water partition coefficient (Wildman–Crippen LogP) is 2.79. The number of carbonyl (C=O) groups excluding carboxylic acids is 2. The Morgan fingerprint density at radius 3 is 2.59 bits per heavy atom. The summed E-state index contributed by atoms with van der Waals surface area (Å²) in [5.74, 6) is 2.31. The molecule has 0 radical (unpaired) electrons. The van der Waals surface area contributed by atoms with Gasteiger partial charge in [-0.2, -0.15) is 0 Å². The van der Waals surface area contributed by atoms with E-state index in [1.807, 2.05) is 31.2 Å². The molecule has 4 heterocycles. The number of rotatable bonds is 5. The number of para-hydroxylation sites is 2. The van der Waals surface area contributed by atoms with Crippen molar-refractivity contribution in [2.45, 2.75) is 23.8 Å². The molecule has 176 valence electrons. The van der Waals surface area contributed by atoms with Gasteiger partial charge in [0.25, 0.3) is 11.8 Å². The van der Waals surface area contributed by atoms with Crippen LogP contribution in [0.5, 0.6) is 11.5 Å². The number of piperazine rings is 1. The third-order valence-electron chi connectivity index (χ3n) is 5.70. The number of fused-ring (bicyclic) bond motifs is 1. The van der Waals surface area contributed by atoms with Gasteiger partial charge in [0.05, 0.1) is 11.3 Å². The Labute approximate surface area is 201 Å². The number of nitrogens with zero attached hydrogens (tertiary/aromatic N) is 4. The van der Waals surface area contributed by atoms with Crippen LogP contribution in [0.1, 0.15) is 21.8 Å². The molecule has 3 aromatic rings. The lowest BCUT2D eigenvalue weighted by Crippen LogP contribution is -2.55. The van der Waals surface area contributed by atoms with Crippen molar-refractivity contribution in [2.24, 2.45) is 0 Å². The smallest absolute Gasteiger partial charge is 0.267 e. The average Bonchev–Trinajstić information content (AvgIpc) is 3.31. The van der Waals surface area contributed by atoms with Gasteiger partial charge in [-0.3, -0.25) is 9.59 Å². The first-order chi connectivity index (χ1) is 16.6. The maximum atomic E-state index is 13.2. The van der Waals surface area contributed by atoms with Crippen molar-refractivity contribution in [3.05, 3.63) is 65.7 Å². The van der Waals surface area contributed by atoms with Gasteiger partial charge in [0.1, 0.15) is 17.4 Å². The molecule has 1 unspecified atom stereocenters. The van der Waals surface area contributed by atoms with Crippen LogP contribution in [0.3, 0.4) is 0 Å². The highest BCUT2D eigenvalue weighted by atomic mass is 32.2. The van der Waals surface area contributed by atoms with Gasteiger partial charge in [0.15, 0.2) is 11.5 Å². The molecule has 1 aromatic carbocycles. The minimum absolute atomic E-state index is 0.0924. The van der Waals surface area contributed by atoms with Crippen LogP contribution in [0.25, 0.3) is 0 Å². The Morgan fingerprint density at radius 2 is 1.82 bits per heavy atom. The molecule has 0 aliphatic carbocycles. The zero-order valence-electron chi connectivity index (χ0n) is 18.7. The van der Waals surface area contributed by atoms with Crippen molar-refractivity contribution in [3.8, 4) is 11.5 Å². The molecule has 2 aromatic heterocycles. The summed E-state index contributed by atoms with van der Waals surface area (Å²) in [7, 11) is 0. The fourth-order valence-electron chi connectivity index (χ4n) is 3.94. The highest BCUT2D eigenvalue weighted by Crippen LogP contribution is 2.31. The molecule has 2 aliphatic heterocycles. The molecule has 0 spiro atoms. The number of thioether (sulfide) groups is 1. The van der Waals surface area contributed by atoms with E-state index in [1.54, 1.807) is 34.2 Å². The van der Waals surface area contributed by atoms with Crippen molar-refractivity contribution in [2.75, 3.05) is 32.8 Å². The van der Waals surface area contributed by atoms with Crippen LogP contribution < -0.4 is 9.47 Å². The van der Waals surface area contributed by atoms with E-state index in [2.05, 4.69) is 10.1 Å². The van der Waals surface area contributed by atoms with Crippen molar-refractivity contribution in [3.63, 3.8) is 0 Å². The molecular formula is C24H24N4O5S. The number of ether oxygens (including phenoxy) is 2. The lowest BCUT2D eigenvalue weighted by atomic mass is 10.2. The van der Waals surface area contributed by atoms with Crippen LogP contribution in [0.2, 0.25) is 0 Å². The second-order valence-electron chi connectivity index (χ2n) is 8.06. The van der Waals surface area contributed by atoms with Crippen molar-refractivity contribution in [1.29, 1.82) is 0 Å². The van der Waals surface area contributed by atoms with Crippen molar-refractivity contribution >= 4 is 23.6 Å². The monoisotopic (exact) mass is 480 g/mol. The van der Waals surface area contributed by atoms with E-state index >= 15 is 0 Å². The molecule has 1 saturated heterocycles. The number of carbonyl (C=O) groups is 2. The Balaban J connectivity index is 1.18. The topological polar surface area (TPSA) is 98.0 Å². The van der Waals surface area contributed by atoms with Crippen LogP contribution in [0.15, 0.2) is 58.2 Å². The zero-order chi connectivity index (χ0) is 23.5. The summed E-state index contributed by atoms with van der Waals surface area (Å²) in [6, 6.07) is 12.7. The number of pyridine rings is 1. The Kier molecular flexibility index (Phi) is 6.39. The van der Waals surface area contributed by atoms with E-state index in [-0.39, 0.29) is 18.4 Å². The first-order valence-corrected chi connectivity index (χ1v) is 12.0. The van der Waals surface area contributed by atoms with E-state index in [1.165, 1.54) is 11.8 Å². The van der Waals surface area contributed by atoms with Gasteiger partial charge in [-0.25, -0.2) is 4.98 Å². The summed E-state index contributed by atoms with van der Waals surface area (Å²) >= 11 is 1.45. The summed E-state index contributed by atoms with van der Waals surface area (Å²) in [6.45, 7) is 3.77. The minimum atomic E-state index is -0.682. The third-order valence-corrected chi connectivity index (χ3v) is 6.74. The molecule has 1 atom stereocenters. The molecule has 2 amide bonds. The van der Waals surface area contributed by atoms with E-state index in [4.69, 9.17) is 14.0 Å². The average molecular weight is 481 g/mol. The van der Waals surface area contributed by atoms with Gasteiger partial charge in [0, 0.05) is 44.2 Å². The molecule has 34 heavy (non-hydrogen) atoms. The number of amides is 2. The number of hydrogen-bond acceptors (Lipinski definition) is 8. The quantitative estimate of drug-likeness (QED) is 0.514. The zero-order valence-corrected chi connectivity index (χ0v) is 19.5. The first kappa shape index (κ1) is 22.3.